The van der Waals surface area contributed by atoms with Gasteiger partial charge < -0.3 is 10.2 Å². The molecule has 2 saturated heterocycles. The van der Waals surface area contributed by atoms with Crippen LogP contribution in [0.25, 0.3) is 0 Å². The van der Waals surface area contributed by atoms with Crippen LogP contribution in [0.4, 0.5) is 0 Å². The molecule has 1 amide bonds. The van der Waals surface area contributed by atoms with Gasteiger partial charge in [-0.1, -0.05) is 6.92 Å². The number of halogens is 1. The molecule has 1 unspecified atom stereocenters. The second kappa shape index (κ2) is 8.06. The lowest BCUT2D eigenvalue weighted by atomic mass is 9.88. The molecule has 5 nitrogen and oxygen atoms in total. The second-order valence-corrected chi connectivity index (χ2v) is 6.53. The lowest BCUT2D eigenvalue weighted by molar-refractivity contribution is 0.0672. The number of carbonyl (C=O) groups excluding carboxylic acids is 1. The van der Waals surface area contributed by atoms with Gasteiger partial charge in [-0.15, -0.1) is 12.4 Å². The van der Waals surface area contributed by atoms with Gasteiger partial charge in [0, 0.05) is 19.1 Å². The molecule has 0 saturated carbocycles. The van der Waals surface area contributed by atoms with Crippen LogP contribution in [0.2, 0.25) is 0 Å². The maximum absolute atomic E-state index is 12.8. The molecule has 1 N–H and O–H groups in total. The zero-order valence-electron chi connectivity index (χ0n) is 14.0. The zero-order chi connectivity index (χ0) is 15.5. The molecule has 0 aromatic carbocycles. The summed E-state index contributed by atoms with van der Waals surface area (Å²) in [6.07, 6.45) is 5.57. The smallest absolute Gasteiger partial charge is 0.255 e. The molecular weight excluding hydrogens is 312 g/mol. The molecule has 2 aliphatic heterocycles. The molecule has 3 heterocycles. The number of aromatic nitrogens is 2. The van der Waals surface area contributed by atoms with Crippen molar-refractivity contribution in [3.05, 3.63) is 23.0 Å². The quantitative estimate of drug-likeness (QED) is 0.919. The predicted octanol–water partition coefficient (Wildman–Crippen LogP) is 2.37. The van der Waals surface area contributed by atoms with Crippen molar-refractivity contribution in [1.82, 2.24) is 20.4 Å². The fourth-order valence-corrected chi connectivity index (χ4v) is 3.75. The zero-order valence-corrected chi connectivity index (χ0v) is 14.9. The van der Waals surface area contributed by atoms with Gasteiger partial charge in [0.25, 0.3) is 5.91 Å². The molecule has 2 aliphatic rings. The summed E-state index contributed by atoms with van der Waals surface area (Å²) >= 11 is 0. The van der Waals surface area contributed by atoms with Gasteiger partial charge >= 0.3 is 0 Å². The summed E-state index contributed by atoms with van der Waals surface area (Å²) in [4.78, 5) is 14.8. The fourth-order valence-electron chi connectivity index (χ4n) is 3.75. The van der Waals surface area contributed by atoms with E-state index < -0.39 is 0 Å². The topological polar surface area (TPSA) is 58.1 Å². The van der Waals surface area contributed by atoms with Crippen molar-refractivity contribution < 1.29 is 4.79 Å². The Hall–Kier alpha value is -1.20. The summed E-state index contributed by atoms with van der Waals surface area (Å²) in [6.45, 7) is 6.80. The first-order valence-corrected chi connectivity index (χ1v) is 8.55. The number of nitrogens with one attached hydrogen (secondary N) is 1. The Bertz CT molecular complexity index is 537. The third-order valence-electron chi connectivity index (χ3n) is 5.05. The van der Waals surface area contributed by atoms with E-state index in [1.807, 2.05) is 24.8 Å². The van der Waals surface area contributed by atoms with Crippen LogP contribution in [0.5, 0.6) is 0 Å². The van der Waals surface area contributed by atoms with Gasteiger partial charge in [-0.2, -0.15) is 10.2 Å². The van der Waals surface area contributed by atoms with Gasteiger partial charge in [0.1, 0.15) is 0 Å². The number of amides is 1. The first-order chi connectivity index (χ1) is 10.7. The van der Waals surface area contributed by atoms with Crippen LogP contribution >= 0.6 is 12.4 Å². The van der Waals surface area contributed by atoms with Crippen LogP contribution in [0.3, 0.4) is 0 Å². The van der Waals surface area contributed by atoms with E-state index >= 15 is 0 Å². The minimum absolute atomic E-state index is 0. The number of nitrogens with zero attached hydrogens (tertiary/aromatic N) is 3. The van der Waals surface area contributed by atoms with Crippen LogP contribution in [-0.4, -0.2) is 46.7 Å². The highest BCUT2D eigenvalue weighted by Crippen LogP contribution is 2.26. The summed E-state index contributed by atoms with van der Waals surface area (Å²) in [7, 11) is 0. The maximum atomic E-state index is 12.8. The SMILES string of the molecule is CCc1nnc(C)cc1C(=O)N1CCC(C2CCCN2)CC1.Cl. The molecule has 6 heteroatoms. The normalized spacial score (nSPS) is 22.0. The molecule has 1 atom stereocenters. The summed E-state index contributed by atoms with van der Waals surface area (Å²) in [5.41, 5.74) is 2.37. The van der Waals surface area contributed by atoms with E-state index in [1.54, 1.807) is 0 Å². The van der Waals surface area contributed by atoms with E-state index in [0.29, 0.717) is 6.04 Å². The van der Waals surface area contributed by atoms with Crippen molar-refractivity contribution >= 4 is 18.3 Å². The Balaban J connectivity index is 0.00000192. The van der Waals surface area contributed by atoms with E-state index in [4.69, 9.17) is 0 Å². The molecule has 2 fully saturated rings. The largest absolute Gasteiger partial charge is 0.339 e. The van der Waals surface area contributed by atoms with Crippen molar-refractivity contribution in [3.63, 3.8) is 0 Å². The minimum atomic E-state index is 0. The first-order valence-electron chi connectivity index (χ1n) is 8.55. The van der Waals surface area contributed by atoms with E-state index in [1.165, 1.54) is 12.8 Å². The molecule has 3 rings (SSSR count). The average Bonchev–Trinajstić information content (AvgIpc) is 3.09. The number of hydrogen-bond acceptors (Lipinski definition) is 4. The third kappa shape index (κ3) is 4.01. The van der Waals surface area contributed by atoms with E-state index in [0.717, 1.165) is 61.8 Å². The van der Waals surface area contributed by atoms with Gasteiger partial charge in [-0.05, 0) is 57.6 Å². The first kappa shape index (κ1) is 18.1. The van der Waals surface area contributed by atoms with Gasteiger partial charge in [0.15, 0.2) is 0 Å². The van der Waals surface area contributed by atoms with Crippen LogP contribution < -0.4 is 5.32 Å². The highest BCUT2D eigenvalue weighted by Gasteiger charge is 2.30. The van der Waals surface area contributed by atoms with Crippen LogP contribution in [0, 0.1) is 12.8 Å². The number of hydrogen-bond donors (Lipinski definition) is 1. The third-order valence-corrected chi connectivity index (χ3v) is 5.05. The predicted molar refractivity (Wildman–Crippen MR) is 93.0 cm³/mol. The molecular formula is C17H27ClN4O. The number of aryl methyl sites for hydroxylation is 2. The lowest BCUT2D eigenvalue weighted by Gasteiger charge is -2.35. The van der Waals surface area contributed by atoms with Crippen molar-refractivity contribution in [1.29, 1.82) is 0 Å². The van der Waals surface area contributed by atoms with Crippen molar-refractivity contribution in [2.75, 3.05) is 19.6 Å². The molecule has 0 bridgehead atoms. The Morgan fingerprint density at radius 2 is 2.04 bits per heavy atom. The standard InChI is InChI=1S/C17H26N4O.ClH/c1-3-15-14(11-12(2)19-20-15)17(22)21-9-6-13(7-10-21)16-5-4-8-18-16;/h11,13,16,18H,3-10H2,1-2H3;1H. The average molecular weight is 339 g/mol. The lowest BCUT2D eigenvalue weighted by Crippen LogP contribution is -2.43. The maximum Gasteiger partial charge on any atom is 0.255 e. The van der Waals surface area contributed by atoms with Crippen molar-refractivity contribution in [2.24, 2.45) is 5.92 Å². The second-order valence-electron chi connectivity index (χ2n) is 6.53. The van der Waals surface area contributed by atoms with E-state index in [-0.39, 0.29) is 18.3 Å². The number of carbonyl (C=O) groups is 1. The van der Waals surface area contributed by atoms with Gasteiger partial charge in [-0.25, -0.2) is 0 Å². The Morgan fingerprint density at radius 1 is 1.30 bits per heavy atom. The van der Waals surface area contributed by atoms with Gasteiger partial charge in [0.2, 0.25) is 0 Å². The summed E-state index contributed by atoms with van der Waals surface area (Å²) < 4.78 is 0. The van der Waals surface area contributed by atoms with Gasteiger partial charge in [-0.3, -0.25) is 4.79 Å². The molecule has 1 aromatic heterocycles. The number of likely N-dealkylation sites (tertiary alicyclic amines) is 1. The summed E-state index contributed by atoms with van der Waals surface area (Å²) in [5.74, 6) is 0.863. The molecule has 0 spiro atoms. The Labute approximate surface area is 144 Å². The van der Waals surface area contributed by atoms with E-state index in [2.05, 4.69) is 15.5 Å². The van der Waals surface area contributed by atoms with Crippen LogP contribution in [0.15, 0.2) is 6.07 Å². The number of piperidine rings is 1. The van der Waals surface area contributed by atoms with E-state index in [9.17, 15) is 4.79 Å². The summed E-state index contributed by atoms with van der Waals surface area (Å²) in [5, 5.41) is 11.9. The molecule has 128 valence electrons. The van der Waals surface area contributed by atoms with Gasteiger partial charge in [0.05, 0.1) is 17.0 Å². The molecule has 0 radical (unpaired) electrons. The Kier molecular flexibility index (Phi) is 6.36. The van der Waals surface area contributed by atoms with Crippen LogP contribution in [0.1, 0.15) is 54.4 Å². The number of rotatable bonds is 3. The fraction of sp³-hybridized carbons (Fsp3) is 0.706. The van der Waals surface area contributed by atoms with Crippen LogP contribution in [-0.2, 0) is 6.42 Å². The highest BCUT2D eigenvalue weighted by atomic mass is 35.5. The highest BCUT2D eigenvalue weighted by molar-refractivity contribution is 5.95. The molecule has 23 heavy (non-hydrogen) atoms. The molecule has 0 aliphatic carbocycles. The monoisotopic (exact) mass is 338 g/mol. The van der Waals surface area contributed by atoms with Crippen molar-refractivity contribution in [2.45, 2.75) is 52.0 Å². The van der Waals surface area contributed by atoms with Crippen molar-refractivity contribution in [3.8, 4) is 0 Å². The minimum Gasteiger partial charge on any atom is -0.339 e. The Morgan fingerprint density at radius 3 is 2.65 bits per heavy atom. The summed E-state index contributed by atoms with van der Waals surface area (Å²) in [6, 6.07) is 2.56. The molecule has 1 aromatic rings.